The van der Waals surface area contributed by atoms with E-state index in [0.717, 1.165) is 0 Å². The van der Waals surface area contributed by atoms with Crippen LogP contribution in [0.1, 0.15) is 23.0 Å². The van der Waals surface area contributed by atoms with Gasteiger partial charge in [0.1, 0.15) is 11.5 Å². The van der Waals surface area contributed by atoms with Crippen molar-refractivity contribution in [2.45, 2.75) is 13.3 Å². The minimum Gasteiger partial charge on any atom is -0.508 e. The molecule has 0 aliphatic heterocycles. The molecule has 88 valence electrons. The number of nitrogens with one attached hydrogen (secondary N) is 1. The third-order valence-electron chi connectivity index (χ3n) is 2.42. The summed E-state index contributed by atoms with van der Waals surface area (Å²) in [5, 5.41) is 12.0. The Morgan fingerprint density at radius 1 is 1.41 bits per heavy atom. The predicted octanol–water partition coefficient (Wildman–Crippen LogP) is 2.80. The Kier molecular flexibility index (Phi) is 3.14. The van der Waals surface area contributed by atoms with Gasteiger partial charge in [-0.3, -0.25) is 4.79 Å². The zero-order valence-corrected chi connectivity index (χ0v) is 9.43. The van der Waals surface area contributed by atoms with E-state index in [0.29, 0.717) is 23.4 Å². The first-order valence-corrected chi connectivity index (χ1v) is 5.37. The SMILES string of the molecule is CCc1occc1C(=O)Nc1cccc(O)c1. The van der Waals surface area contributed by atoms with Crippen molar-refractivity contribution in [2.75, 3.05) is 5.32 Å². The molecule has 0 atom stereocenters. The van der Waals surface area contributed by atoms with Gasteiger partial charge in [0.25, 0.3) is 5.91 Å². The topological polar surface area (TPSA) is 62.5 Å². The number of hydrogen-bond donors (Lipinski definition) is 2. The van der Waals surface area contributed by atoms with Gasteiger partial charge in [0, 0.05) is 18.2 Å². The fraction of sp³-hybridized carbons (Fsp3) is 0.154. The van der Waals surface area contributed by atoms with Crippen LogP contribution in [0.3, 0.4) is 0 Å². The van der Waals surface area contributed by atoms with Gasteiger partial charge in [-0.05, 0) is 18.2 Å². The summed E-state index contributed by atoms with van der Waals surface area (Å²) in [6.45, 7) is 1.92. The second-order valence-corrected chi connectivity index (χ2v) is 3.62. The standard InChI is InChI=1S/C13H13NO3/c1-2-12-11(6-7-17-12)13(16)14-9-4-3-5-10(15)8-9/h3-8,15H,2H2,1H3,(H,14,16). The number of carbonyl (C=O) groups excluding carboxylic acids is 1. The summed E-state index contributed by atoms with van der Waals surface area (Å²) < 4.78 is 5.19. The van der Waals surface area contributed by atoms with Crippen LogP contribution in [0.15, 0.2) is 41.0 Å². The normalized spacial score (nSPS) is 10.2. The van der Waals surface area contributed by atoms with Crippen LogP contribution < -0.4 is 5.32 Å². The van der Waals surface area contributed by atoms with Crippen LogP contribution in [0.25, 0.3) is 0 Å². The molecule has 2 N–H and O–H groups in total. The third kappa shape index (κ3) is 2.47. The minimum atomic E-state index is -0.235. The number of furan rings is 1. The fourth-order valence-corrected chi connectivity index (χ4v) is 1.60. The summed E-state index contributed by atoms with van der Waals surface area (Å²) in [7, 11) is 0. The van der Waals surface area contributed by atoms with Gasteiger partial charge in [-0.15, -0.1) is 0 Å². The number of carbonyl (C=O) groups is 1. The van der Waals surface area contributed by atoms with Crippen LogP contribution in [-0.2, 0) is 6.42 Å². The zero-order valence-electron chi connectivity index (χ0n) is 9.43. The van der Waals surface area contributed by atoms with Crippen molar-refractivity contribution in [1.29, 1.82) is 0 Å². The first-order valence-electron chi connectivity index (χ1n) is 5.37. The van der Waals surface area contributed by atoms with Gasteiger partial charge in [0.05, 0.1) is 11.8 Å². The molecule has 4 heteroatoms. The molecule has 17 heavy (non-hydrogen) atoms. The lowest BCUT2D eigenvalue weighted by molar-refractivity contribution is 0.102. The highest BCUT2D eigenvalue weighted by Gasteiger charge is 2.13. The van der Waals surface area contributed by atoms with E-state index in [2.05, 4.69) is 5.32 Å². The summed E-state index contributed by atoms with van der Waals surface area (Å²) in [5.74, 6) is 0.537. The van der Waals surface area contributed by atoms with Crippen LogP contribution in [0.5, 0.6) is 5.75 Å². The maximum Gasteiger partial charge on any atom is 0.259 e. The number of hydrogen-bond acceptors (Lipinski definition) is 3. The maximum atomic E-state index is 11.9. The molecule has 0 saturated heterocycles. The van der Waals surface area contributed by atoms with E-state index in [1.54, 1.807) is 24.3 Å². The lowest BCUT2D eigenvalue weighted by Gasteiger charge is -2.04. The monoisotopic (exact) mass is 231 g/mol. The number of phenolic OH excluding ortho intramolecular Hbond substituents is 1. The smallest absolute Gasteiger partial charge is 0.259 e. The van der Waals surface area contributed by atoms with Crippen molar-refractivity contribution in [3.8, 4) is 5.75 Å². The quantitative estimate of drug-likeness (QED) is 0.853. The van der Waals surface area contributed by atoms with Gasteiger partial charge < -0.3 is 14.8 Å². The molecule has 1 heterocycles. The molecule has 0 unspecified atom stereocenters. The highest BCUT2D eigenvalue weighted by molar-refractivity contribution is 6.05. The first kappa shape index (κ1) is 11.3. The molecule has 0 aliphatic rings. The minimum absolute atomic E-state index is 0.116. The first-order chi connectivity index (χ1) is 8.20. The third-order valence-corrected chi connectivity index (χ3v) is 2.42. The molecule has 0 saturated carbocycles. The molecule has 1 aromatic carbocycles. The molecule has 0 aliphatic carbocycles. The Balaban J connectivity index is 2.17. The van der Waals surface area contributed by atoms with Crippen molar-refractivity contribution in [2.24, 2.45) is 0 Å². The fourth-order valence-electron chi connectivity index (χ4n) is 1.60. The summed E-state index contributed by atoms with van der Waals surface area (Å²) in [5.41, 5.74) is 1.08. The Morgan fingerprint density at radius 2 is 2.24 bits per heavy atom. The Bertz CT molecular complexity index is 531. The lowest BCUT2D eigenvalue weighted by atomic mass is 10.2. The largest absolute Gasteiger partial charge is 0.508 e. The summed E-state index contributed by atoms with van der Waals surface area (Å²) in [6.07, 6.45) is 2.16. The molecule has 2 aromatic rings. The second kappa shape index (κ2) is 4.74. The van der Waals surface area contributed by atoms with Crippen molar-refractivity contribution in [1.82, 2.24) is 0 Å². The van der Waals surface area contributed by atoms with E-state index >= 15 is 0 Å². The molecule has 0 bridgehead atoms. The van der Waals surface area contributed by atoms with Gasteiger partial charge in [-0.1, -0.05) is 13.0 Å². The van der Waals surface area contributed by atoms with E-state index in [-0.39, 0.29) is 11.7 Å². The van der Waals surface area contributed by atoms with E-state index in [1.165, 1.54) is 12.3 Å². The average Bonchev–Trinajstić information content (AvgIpc) is 2.77. The van der Waals surface area contributed by atoms with E-state index in [1.807, 2.05) is 6.92 Å². The maximum absolute atomic E-state index is 11.9. The number of amides is 1. The van der Waals surface area contributed by atoms with Crippen molar-refractivity contribution >= 4 is 11.6 Å². The van der Waals surface area contributed by atoms with E-state index in [9.17, 15) is 9.90 Å². The molecule has 0 fully saturated rings. The van der Waals surface area contributed by atoms with Gasteiger partial charge >= 0.3 is 0 Å². The summed E-state index contributed by atoms with van der Waals surface area (Å²) >= 11 is 0. The van der Waals surface area contributed by atoms with Crippen LogP contribution >= 0.6 is 0 Å². The molecule has 0 spiro atoms. The van der Waals surface area contributed by atoms with Crippen molar-refractivity contribution in [3.05, 3.63) is 47.9 Å². The number of aromatic hydroxyl groups is 1. The number of phenols is 1. The number of anilines is 1. The van der Waals surface area contributed by atoms with Crippen LogP contribution in [-0.4, -0.2) is 11.0 Å². The van der Waals surface area contributed by atoms with Crippen molar-refractivity contribution < 1.29 is 14.3 Å². The number of aryl methyl sites for hydroxylation is 1. The van der Waals surface area contributed by atoms with Gasteiger partial charge in [0.15, 0.2) is 0 Å². The Labute approximate surface area is 98.9 Å². The van der Waals surface area contributed by atoms with E-state index in [4.69, 9.17) is 4.42 Å². The van der Waals surface area contributed by atoms with Crippen LogP contribution in [0.4, 0.5) is 5.69 Å². The highest BCUT2D eigenvalue weighted by atomic mass is 16.3. The van der Waals surface area contributed by atoms with Gasteiger partial charge in [0.2, 0.25) is 0 Å². The number of benzene rings is 1. The Morgan fingerprint density at radius 3 is 2.94 bits per heavy atom. The molecular formula is C13H13NO3. The van der Waals surface area contributed by atoms with Gasteiger partial charge in [-0.25, -0.2) is 0 Å². The second-order valence-electron chi connectivity index (χ2n) is 3.62. The molecule has 4 nitrogen and oxygen atoms in total. The molecule has 1 amide bonds. The lowest BCUT2D eigenvalue weighted by Crippen LogP contribution is -2.12. The van der Waals surface area contributed by atoms with E-state index < -0.39 is 0 Å². The average molecular weight is 231 g/mol. The molecule has 0 radical (unpaired) electrons. The zero-order chi connectivity index (χ0) is 12.3. The molecular weight excluding hydrogens is 218 g/mol. The predicted molar refractivity (Wildman–Crippen MR) is 64.1 cm³/mol. The van der Waals surface area contributed by atoms with Crippen LogP contribution in [0.2, 0.25) is 0 Å². The number of rotatable bonds is 3. The molecule has 2 rings (SSSR count). The summed E-state index contributed by atoms with van der Waals surface area (Å²) in [4.78, 5) is 11.9. The Hall–Kier alpha value is -2.23. The van der Waals surface area contributed by atoms with Crippen LogP contribution in [0, 0.1) is 0 Å². The molecule has 1 aromatic heterocycles. The summed E-state index contributed by atoms with van der Waals surface area (Å²) in [6, 6.07) is 8.05. The van der Waals surface area contributed by atoms with Crippen molar-refractivity contribution in [3.63, 3.8) is 0 Å². The van der Waals surface area contributed by atoms with Gasteiger partial charge in [-0.2, -0.15) is 0 Å². The highest BCUT2D eigenvalue weighted by Crippen LogP contribution is 2.18.